The summed E-state index contributed by atoms with van der Waals surface area (Å²) in [6, 6.07) is 0. The number of thioether (sulfide) groups is 1. The number of cyclic esters (lactones) is 1. The van der Waals surface area contributed by atoms with Crippen LogP contribution in [0.3, 0.4) is 0 Å². The number of nitrogens with zero attached hydrogens (tertiary/aromatic N) is 1. The summed E-state index contributed by atoms with van der Waals surface area (Å²) in [6.45, 7) is 10.9. The molecule has 1 aromatic rings. The molecular weight excluding hydrogens is 470 g/mol. The monoisotopic (exact) mass is 509 g/mol. The third-order valence-electron chi connectivity index (χ3n) is 7.41. The highest BCUT2D eigenvalue weighted by Crippen LogP contribution is 2.48. The molecule has 34 heavy (non-hydrogen) atoms. The summed E-state index contributed by atoms with van der Waals surface area (Å²) in [4.78, 5) is 30.6. The van der Waals surface area contributed by atoms with Crippen LogP contribution in [0.15, 0.2) is 11.0 Å². The fourth-order valence-corrected chi connectivity index (χ4v) is 6.55. The van der Waals surface area contributed by atoms with Gasteiger partial charge in [-0.1, -0.05) is 34.1 Å². The molecule has 2 aliphatic heterocycles. The molecule has 0 bridgehead atoms. The molecular formula is C26H39NO5S2. The molecule has 6 nitrogen and oxygen atoms in total. The number of carbonyl (C=O) groups is 2. The molecule has 0 radical (unpaired) electrons. The standard InChI is InChI=1S/C26H39NO5S2/c1-14-8-7-9-20-21(34-20)11-19(15(2)10-18-13-33-17(4)27-18)32-23(29)12-22(28)26(5,6)25(31)16(3)24(14)30/h10,13-14,16,19-22,24,28,30H,7-9,11-12H2,1-6H3/b15-10+. The van der Waals surface area contributed by atoms with Crippen LogP contribution >= 0.6 is 23.1 Å². The third kappa shape index (κ3) is 6.71. The largest absolute Gasteiger partial charge is 0.458 e. The molecule has 2 N–H and O–H groups in total. The number of rotatable bonds is 2. The van der Waals surface area contributed by atoms with Crippen molar-refractivity contribution in [2.24, 2.45) is 17.3 Å². The van der Waals surface area contributed by atoms with Crippen molar-refractivity contribution in [3.05, 3.63) is 21.7 Å². The molecule has 2 fully saturated rings. The summed E-state index contributed by atoms with van der Waals surface area (Å²) in [6.07, 6.45) is 2.95. The molecule has 0 aromatic carbocycles. The van der Waals surface area contributed by atoms with Crippen molar-refractivity contribution >= 4 is 40.9 Å². The summed E-state index contributed by atoms with van der Waals surface area (Å²) >= 11 is 3.49. The molecule has 7 atom stereocenters. The number of aliphatic hydroxyl groups is 2. The minimum Gasteiger partial charge on any atom is -0.458 e. The van der Waals surface area contributed by atoms with Crippen molar-refractivity contribution in [1.82, 2.24) is 4.98 Å². The predicted octanol–water partition coefficient (Wildman–Crippen LogP) is 4.80. The van der Waals surface area contributed by atoms with Crippen molar-refractivity contribution in [2.75, 3.05) is 0 Å². The van der Waals surface area contributed by atoms with Gasteiger partial charge in [0, 0.05) is 28.2 Å². The summed E-state index contributed by atoms with van der Waals surface area (Å²) in [5.41, 5.74) is 0.615. The maximum absolute atomic E-state index is 13.2. The molecule has 2 aliphatic rings. The molecule has 0 saturated carbocycles. The van der Waals surface area contributed by atoms with Gasteiger partial charge in [-0.2, -0.15) is 11.8 Å². The van der Waals surface area contributed by atoms with E-state index in [9.17, 15) is 19.8 Å². The Labute approximate surface area is 211 Å². The number of esters is 1. The lowest BCUT2D eigenvalue weighted by Gasteiger charge is -2.34. The maximum Gasteiger partial charge on any atom is 0.309 e. The second kappa shape index (κ2) is 11.2. The third-order valence-corrected chi connectivity index (χ3v) is 9.67. The molecule has 8 heteroatoms. The highest BCUT2D eigenvalue weighted by molar-refractivity contribution is 8.07. The molecule has 1 aromatic heterocycles. The number of Topliss-reactive ketones (excluding diaryl/α,β-unsaturated/α-hetero) is 1. The quantitative estimate of drug-likeness (QED) is 0.436. The van der Waals surface area contributed by atoms with E-state index >= 15 is 0 Å². The molecule has 190 valence electrons. The van der Waals surface area contributed by atoms with E-state index in [2.05, 4.69) is 4.98 Å². The van der Waals surface area contributed by atoms with Crippen LogP contribution in [-0.2, 0) is 14.3 Å². The van der Waals surface area contributed by atoms with Crippen LogP contribution in [-0.4, -0.2) is 55.8 Å². The number of hydrogen-bond donors (Lipinski definition) is 2. The van der Waals surface area contributed by atoms with Crippen LogP contribution < -0.4 is 0 Å². The number of aryl methyl sites for hydroxylation is 1. The summed E-state index contributed by atoms with van der Waals surface area (Å²) in [7, 11) is 0. The fraction of sp³-hybridized carbons (Fsp3) is 0.731. The topological polar surface area (TPSA) is 96.7 Å². The fourth-order valence-electron chi connectivity index (χ4n) is 4.78. The molecule has 7 unspecified atom stereocenters. The number of aliphatic hydroxyl groups excluding tert-OH is 2. The van der Waals surface area contributed by atoms with Gasteiger partial charge in [0.2, 0.25) is 0 Å². The van der Waals surface area contributed by atoms with E-state index in [4.69, 9.17) is 4.74 Å². The summed E-state index contributed by atoms with van der Waals surface area (Å²) in [5, 5.41) is 25.5. The number of ether oxygens (including phenoxy) is 1. The lowest BCUT2D eigenvalue weighted by atomic mass is 9.73. The molecule has 0 spiro atoms. The van der Waals surface area contributed by atoms with Crippen LogP contribution in [0.5, 0.6) is 0 Å². The van der Waals surface area contributed by atoms with Gasteiger partial charge in [0.15, 0.2) is 0 Å². The van der Waals surface area contributed by atoms with E-state index in [-0.39, 0.29) is 18.1 Å². The van der Waals surface area contributed by atoms with Gasteiger partial charge in [-0.05, 0) is 44.3 Å². The number of thiazole rings is 1. The number of ketones is 1. The molecule has 3 rings (SSSR count). The smallest absolute Gasteiger partial charge is 0.309 e. The Morgan fingerprint density at radius 3 is 2.56 bits per heavy atom. The van der Waals surface area contributed by atoms with Gasteiger partial charge in [0.1, 0.15) is 11.9 Å². The predicted molar refractivity (Wildman–Crippen MR) is 138 cm³/mol. The lowest BCUT2D eigenvalue weighted by molar-refractivity contribution is -0.154. The normalized spacial score (nSPS) is 36.0. The van der Waals surface area contributed by atoms with Gasteiger partial charge < -0.3 is 14.9 Å². The minimum absolute atomic E-state index is 0.00791. The van der Waals surface area contributed by atoms with Crippen molar-refractivity contribution in [3.8, 4) is 0 Å². The zero-order chi connectivity index (χ0) is 25.2. The molecule has 2 saturated heterocycles. The van der Waals surface area contributed by atoms with Crippen LogP contribution in [0.25, 0.3) is 6.08 Å². The Hall–Kier alpha value is -1.22. The van der Waals surface area contributed by atoms with Crippen LogP contribution in [0.4, 0.5) is 0 Å². The van der Waals surface area contributed by atoms with Crippen molar-refractivity contribution < 1.29 is 24.5 Å². The average molecular weight is 510 g/mol. The van der Waals surface area contributed by atoms with Gasteiger partial charge in [0.25, 0.3) is 0 Å². The van der Waals surface area contributed by atoms with E-state index in [0.717, 1.165) is 42.0 Å². The number of carbonyl (C=O) groups excluding carboxylic acids is 2. The molecule has 0 amide bonds. The van der Waals surface area contributed by atoms with E-state index in [0.29, 0.717) is 10.5 Å². The second-order valence-corrected chi connectivity index (χ2v) is 13.1. The van der Waals surface area contributed by atoms with Crippen molar-refractivity contribution in [1.29, 1.82) is 0 Å². The van der Waals surface area contributed by atoms with E-state index in [1.807, 2.05) is 44.0 Å². The van der Waals surface area contributed by atoms with Gasteiger partial charge in [-0.25, -0.2) is 4.98 Å². The number of hydrogen-bond acceptors (Lipinski definition) is 8. The van der Waals surface area contributed by atoms with Crippen LogP contribution in [0.2, 0.25) is 0 Å². The highest BCUT2D eigenvalue weighted by Gasteiger charge is 2.44. The Balaban J connectivity index is 1.81. The zero-order valence-corrected chi connectivity index (χ0v) is 22.7. The second-order valence-electron chi connectivity index (χ2n) is 10.6. The van der Waals surface area contributed by atoms with E-state index in [1.54, 1.807) is 32.1 Å². The number of aromatic nitrogens is 1. The first-order valence-electron chi connectivity index (χ1n) is 12.3. The maximum atomic E-state index is 13.2. The first-order valence-corrected chi connectivity index (χ1v) is 14.1. The first kappa shape index (κ1) is 27.4. The van der Waals surface area contributed by atoms with Crippen molar-refractivity contribution in [3.63, 3.8) is 0 Å². The Bertz CT molecular complexity index is 911. The van der Waals surface area contributed by atoms with Gasteiger partial charge in [-0.3, -0.25) is 9.59 Å². The Morgan fingerprint density at radius 2 is 1.91 bits per heavy atom. The first-order chi connectivity index (χ1) is 15.9. The van der Waals surface area contributed by atoms with E-state index < -0.39 is 35.6 Å². The highest BCUT2D eigenvalue weighted by atomic mass is 32.2. The van der Waals surface area contributed by atoms with Gasteiger partial charge >= 0.3 is 5.97 Å². The zero-order valence-electron chi connectivity index (χ0n) is 21.1. The van der Waals surface area contributed by atoms with Crippen LogP contribution in [0.1, 0.15) is 77.4 Å². The lowest BCUT2D eigenvalue weighted by Crippen LogP contribution is -2.45. The van der Waals surface area contributed by atoms with E-state index in [1.165, 1.54) is 0 Å². The number of fused-ring (bicyclic) bond motifs is 1. The van der Waals surface area contributed by atoms with Gasteiger partial charge in [0.05, 0.1) is 34.7 Å². The van der Waals surface area contributed by atoms with Gasteiger partial charge in [-0.15, -0.1) is 11.3 Å². The minimum atomic E-state index is -1.19. The van der Waals surface area contributed by atoms with Crippen molar-refractivity contribution in [2.45, 2.75) is 102 Å². The molecule has 3 heterocycles. The SMILES string of the molecule is C/C(=C\c1csc(C)n1)C1CC2SC2CCCC(C)C(O)C(C)C(=O)C(C)(C)C(O)CC(=O)O1. The Morgan fingerprint density at radius 1 is 1.21 bits per heavy atom. The van der Waals surface area contributed by atoms with Crippen LogP contribution in [0, 0.1) is 24.2 Å². The summed E-state index contributed by atoms with van der Waals surface area (Å²) < 4.78 is 5.89. The Kier molecular flexibility index (Phi) is 9.04. The summed E-state index contributed by atoms with van der Waals surface area (Å²) in [5.74, 6) is -1.38. The molecule has 0 aliphatic carbocycles. The average Bonchev–Trinajstić information content (AvgIpc) is 3.38.